The third-order valence-electron chi connectivity index (χ3n) is 3.60. The molecule has 21 heavy (non-hydrogen) atoms. The van der Waals surface area contributed by atoms with Crippen LogP contribution < -0.4 is 5.73 Å². The van der Waals surface area contributed by atoms with Gasteiger partial charge in [-0.3, -0.25) is 0 Å². The van der Waals surface area contributed by atoms with Gasteiger partial charge in [0, 0.05) is 17.7 Å². The van der Waals surface area contributed by atoms with Crippen molar-refractivity contribution in [3.8, 4) is 11.5 Å². The van der Waals surface area contributed by atoms with Gasteiger partial charge in [0.05, 0.1) is 0 Å². The van der Waals surface area contributed by atoms with Crippen molar-refractivity contribution in [2.24, 2.45) is 0 Å². The Hall–Kier alpha value is -2.62. The molecule has 1 aromatic heterocycles. The number of benzene rings is 2. The molecule has 1 heterocycles. The minimum Gasteiger partial charge on any atom is -0.398 e. The van der Waals surface area contributed by atoms with E-state index in [4.69, 9.17) is 10.3 Å². The second-order valence-corrected chi connectivity index (χ2v) is 5.19. The van der Waals surface area contributed by atoms with Crippen molar-refractivity contribution >= 4 is 5.69 Å². The number of aromatic nitrogens is 2. The quantitative estimate of drug-likeness (QED) is 0.745. The predicted octanol–water partition coefficient (Wildman–Crippen LogP) is 3.53. The van der Waals surface area contributed by atoms with Crippen LogP contribution in [0.4, 0.5) is 5.69 Å². The van der Waals surface area contributed by atoms with Gasteiger partial charge in [-0.05, 0) is 42.7 Å². The normalized spacial score (nSPS) is 10.8. The Bertz CT molecular complexity index is 777. The Labute approximate surface area is 123 Å². The van der Waals surface area contributed by atoms with Gasteiger partial charge >= 0.3 is 0 Å². The minimum absolute atomic E-state index is 0.505. The Morgan fingerprint density at radius 2 is 1.86 bits per heavy atom. The van der Waals surface area contributed by atoms with Crippen LogP contribution in [0.5, 0.6) is 0 Å². The average Bonchev–Trinajstić information content (AvgIpc) is 2.93. The summed E-state index contributed by atoms with van der Waals surface area (Å²) >= 11 is 0. The molecule has 0 aliphatic carbocycles. The number of nitrogen functional groups attached to an aromatic ring is 1. The molecule has 0 aliphatic rings. The molecular weight excluding hydrogens is 262 g/mol. The van der Waals surface area contributed by atoms with Gasteiger partial charge in [0.1, 0.15) is 0 Å². The molecule has 3 aromatic rings. The first-order valence-corrected chi connectivity index (χ1v) is 6.87. The summed E-state index contributed by atoms with van der Waals surface area (Å²) in [4.78, 5) is 4.45. The summed E-state index contributed by atoms with van der Waals surface area (Å²) in [5.74, 6) is 1.18. The van der Waals surface area contributed by atoms with Crippen LogP contribution in [-0.2, 0) is 6.42 Å². The fraction of sp³-hybridized carbons (Fsp3) is 0.176. The van der Waals surface area contributed by atoms with Crippen LogP contribution in [-0.4, -0.2) is 10.1 Å². The van der Waals surface area contributed by atoms with Crippen LogP contribution in [0.25, 0.3) is 11.5 Å². The molecule has 0 saturated carbocycles. The molecule has 4 nitrogen and oxygen atoms in total. The monoisotopic (exact) mass is 279 g/mol. The van der Waals surface area contributed by atoms with Crippen molar-refractivity contribution in [3.05, 3.63) is 65.0 Å². The van der Waals surface area contributed by atoms with Crippen LogP contribution in [0.3, 0.4) is 0 Å². The van der Waals surface area contributed by atoms with Gasteiger partial charge in [0.15, 0.2) is 5.82 Å². The highest BCUT2D eigenvalue weighted by molar-refractivity contribution is 5.62. The lowest BCUT2D eigenvalue weighted by atomic mass is 10.1. The van der Waals surface area contributed by atoms with E-state index in [1.807, 2.05) is 37.3 Å². The molecule has 106 valence electrons. The summed E-state index contributed by atoms with van der Waals surface area (Å²) in [5.41, 5.74) is 11.0. The van der Waals surface area contributed by atoms with Crippen LogP contribution in [0.2, 0.25) is 0 Å². The zero-order chi connectivity index (χ0) is 14.8. The van der Waals surface area contributed by atoms with E-state index in [1.165, 1.54) is 11.1 Å². The number of anilines is 1. The number of hydrogen-bond donors (Lipinski definition) is 1. The van der Waals surface area contributed by atoms with E-state index in [0.29, 0.717) is 18.1 Å². The van der Waals surface area contributed by atoms with Crippen molar-refractivity contribution in [2.75, 3.05) is 5.73 Å². The van der Waals surface area contributed by atoms with E-state index in [0.717, 1.165) is 16.8 Å². The Morgan fingerprint density at radius 3 is 2.62 bits per heavy atom. The lowest BCUT2D eigenvalue weighted by molar-refractivity contribution is 0.424. The molecule has 0 bridgehead atoms. The Balaban J connectivity index is 1.86. The molecule has 2 N–H and O–H groups in total. The molecule has 0 unspecified atom stereocenters. The number of aryl methyl sites for hydroxylation is 2. The summed E-state index contributed by atoms with van der Waals surface area (Å²) in [6.07, 6.45) is 0.664. The van der Waals surface area contributed by atoms with Gasteiger partial charge in [0.25, 0.3) is 5.89 Å². The molecule has 0 saturated heterocycles. The van der Waals surface area contributed by atoms with E-state index in [9.17, 15) is 0 Å². The maximum atomic E-state index is 5.92. The van der Waals surface area contributed by atoms with E-state index >= 15 is 0 Å². The molecule has 0 amide bonds. The Kier molecular flexibility index (Phi) is 3.44. The third-order valence-corrected chi connectivity index (χ3v) is 3.60. The molecule has 4 heteroatoms. The van der Waals surface area contributed by atoms with Gasteiger partial charge in [-0.25, -0.2) is 0 Å². The zero-order valence-corrected chi connectivity index (χ0v) is 12.1. The van der Waals surface area contributed by atoms with Gasteiger partial charge in [-0.1, -0.05) is 35.5 Å². The second-order valence-electron chi connectivity index (χ2n) is 5.19. The van der Waals surface area contributed by atoms with E-state index in [-0.39, 0.29) is 0 Å². The maximum absolute atomic E-state index is 5.92. The lowest BCUT2D eigenvalue weighted by Crippen LogP contribution is -1.94. The van der Waals surface area contributed by atoms with Crippen molar-refractivity contribution < 1.29 is 4.52 Å². The Morgan fingerprint density at radius 1 is 1.05 bits per heavy atom. The average molecular weight is 279 g/mol. The highest BCUT2D eigenvalue weighted by Crippen LogP contribution is 2.23. The summed E-state index contributed by atoms with van der Waals surface area (Å²) in [7, 11) is 0. The van der Waals surface area contributed by atoms with E-state index < -0.39 is 0 Å². The highest BCUT2D eigenvalue weighted by Gasteiger charge is 2.11. The topological polar surface area (TPSA) is 64.9 Å². The highest BCUT2D eigenvalue weighted by atomic mass is 16.5. The first kappa shape index (κ1) is 13.4. The molecular formula is C17H17N3O. The number of nitrogens with two attached hydrogens (primary N) is 1. The summed E-state index contributed by atoms with van der Waals surface area (Å²) in [6, 6.07) is 14.0. The van der Waals surface area contributed by atoms with Crippen molar-refractivity contribution in [1.82, 2.24) is 10.1 Å². The number of nitrogens with zero attached hydrogens (tertiary/aromatic N) is 2. The molecule has 0 atom stereocenters. The fourth-order valence-electron chi connectivity index (χ4n) is 2.20. The zero-order valence-electron chi connectivity index (χ0n) is 12.1. The maximum Gasteiger partial charge on any atom is 0.258 e. The lowest BCUT2D eigenvalue weighted by Gasteiger charge is -2.01. The smallest absolute Gasteiger partial charge is 0.258 e. The minimum atomic E-state index is 0.505. The largest absolute Gasteiger partial charge is 0.398 e. The number of hydrogen-bond acceptors (Lipinski definition) is 4. The fourth-order valence-corrected chi connectivity index (χ4v) is 2.20. The molecule has 3 rings (SSSR count). The first-order valence-electron chi connectivity index (χ1n) is 6.87. The molecule has 2 aromatic carbocycles. The summed E-state index contributed by atoms with van der Waals surface area (Å²) in [6.45, 7) is 4.05. The van der Waals surface area contributed by atoms with E-state index in [1.54, 1.807) is 0 Å². The molecule has 0 spiro atoms. The number of rotatable bonds is 3. The first-order chi connectivity index (χ1) is 10.1. The van der Waals surface area contributed by atoms with Crippen molar-refractivity contribution in [3.63, 3.8) is 0 Å². The third kappa shape index (κ3) is 2.79. The standard InChI is InChI=1S/C17H17N3O/c1-11-5-3-4-6-13(11)10-16-19-17(21-20-16)14-8-7-12(2)15(18)9-14/h3-9H,10,18H2,1-2H3. The summed E-state index contributed by atoms with van der Waals surface area (Å²) < 4.78 is 5.34. The SMILES string of the molecule is Cc1ccc(-c2nc(Cc3ccccc3C)no2)cc1N. The van der Waals surface area contributed by atoms with Crippen LogP contribution in [0.15, 0.2) is 47.0 Å². The molecule has 0 radical (unpaired) electrons. The van der Waals surface area contributed by atoms with Crippen molar-refractivity contribution in [1.29, 1.82) is 0 Å². The van der Waals surface area contributed by atoms with Gasteiger partial charge in [-0.2, -0.15) is 4.98 Å². The molecule has 0 aliphatic heterocycles. The molecule has 0 fully saturated rings. The second kappa shape index (κ2) is 5.40. The van der Waals surface area contributed by atoms with Gasteiger partial charge in [-0.15, -0.1) is 0 Å². The predicted molar refractivity (Wildman–Crippen MR) is 82.9 cm³/mol. The van der Waals surface area contributed by atoms with Crippen LogP contribution in [0, 0.1) is 13.8 Å². The van der Waals surface area contributed by atoms with Gasteiger partial charge < -0.3 is 10.3 Å². The van der Waals surface area contributed by atoms with Crippen LogP contribution in [0.1, 0.15) is 22.5 Å². The van der Waals surface area contributed by atoms with Gasteiger partial charge in [0.2, 0.25) is 0 Å². The summed E-state index contributed by atoms with van der Waals surface area (Å²) in [5, 5.41) is 4.05. The van der Waals surface area contributed by atoms with Crippen LogP contribution >= 0.6 is 0 Å². The van der Waals surface area contributed by atoms with Crippen molar-refractivity contribution in [2.45, 2.75) is 20.3 Å². The van der Waals surface area contributed by atoms with E-state index in [2.05, 4.69) is 29.2 Å².